The largest absolute Gasteiger partial charge is 0.460 e. The van der Waals surface area contributed by atoms with Gasteiger partial charge in [0.2, 0.25) is 0 Å². The molecule has 0 saturated carbocycles. The number of aryl methyl sites for hydroxylation is 1. The molecule has 0 saturated heterocycles. The Morgan fingerprint density at radius 3 is 2.62 bits per heavy atom. The van der Waals surface area contributed by atoms with Gasteiger partial charge in [0.15, 0.2) is 9.84 Å². The highest BCUT2D eigenvalue weighted by Crippen LogP contribution is 2.37. The van der Waals surface area contributed by atoms with Gasteiger partial charge in [-0.2, -0.15) is 0 Å². The molecule has 0 bridgehead atoms. The van der Waals surface area contributed by atoms with Crippen LogP contribution in [-0.4, -0.2) is 26.6 Å². The lowest BCUT2D eigenvalue weighted by molar-refractivity contribution is 0.445. The Morgan fingerprint density at radius 1 is 1.12 bits per heavy atom. The Hall–Kier alpha value is -2.53. The van der Waals surface area contributed by atoms with Crippen molar-refractivity contribution in [3.05, 3.63) is 71.1 Å². The lowest BCUT2D eigenvalue weighted by Crippen LogP contribution is -2.17. The Morgan fingerprint density at radius 2 is 1.88 bits per heavy atom. The van der Waals surface area contributed by atoms with E-state index >= 15 is 0 Å². The van der Waals surface area contributed by atoms with Gasteiger partial charge in [-0.3, -0.25) is 0 Å². The smallest absolute Gasteiger partial charge is 0.175 e. The van der Waals surface area contributed by atoms with Gasteiger partial charge in [0, 0.05) is 49.0 Å². The Kier molecular flexibility index (Phi) is 3.92. The van der Waals surface area contributed by atoms with E-state index in [9.17, 15) is 8.42 Å². The second-order valence-electron chi connectivity index (χ2n) is 6.84. The first-order valence-electron chi connectivity index (χ1n) is 8.64. The monoisotopic (exact) mass is 367 g/mol. The average Bonchev–Trinajstić information content (AvgIpc) is 3.02. The number of rotatable bonds is 3. The zero-order valence-electron chi connectivity index (χ0n) is 15.1. The van der Waals surface area contributed by atoms with Gasteiger partial charge in [0.1, 0.15) is 11.3 Å². The predicted molar refractivity (Wildman–Crippen MR) is 104 cm³/mol. The van der Waals surface area contributed by atoms with E-state index in [1.54, 1.807) is 12.1 Å². The molecule has 0 fully saturated rings. The van der Waals surface area contributed by atoms with E-state index < -0.39 is 9.84 Å². The minimum atomic E-state index is -3.33. The number of hydrogen-bond acceptors (Lipinski definition) is 4. The predicted octanol–water partition coefficient (Wildman–Crippen LogP) is 4.23. The highest BCUT2D eigenvalue weighted by molar-refractivity contribution is 7.90. The quantitative estimate of drug-likeness (QED) is 0.695. The van der Waals surface area contributed by atoms with Crippen LogP contribution >= 0.6 is 0 Å². The molecule has 0 spiro atoms. The zero-order valence-corrected chi connectivity index (χ0v) is 15.9. The van der Waals surface area contributed by atoms with Gasteiger partial charge in [-0.25, -0.2) is 8.42 Å². The third kappa shape index (κ3) is 2.82. The third-order valence-electron chi connectivity index (χ3n) is 4.78. The first-order chi connectivity index (χ1) is 12.4. The zero-order chi connectivity index (χ0) is 18.5. The van der Waals surface area contributed by atoms with Crippen LogP contribution in [-0.2, 0) is 22.8 Å². The van der Waals surface area contributed by atoms with E-state index in [0.717, 1.165) is 46.4 Å². The molecule has 2 aromatic carbocycles. The molecule has 1 aromatic heterocycles. The van der Waals surface area contributed by atoms with E-state index in [2.05, 4.69) is 23.2 Å². The number of hydrogen-bond donors (Lipinski definition) is 0. The number of furan rings is 1. The van der Waals surface area contributed by atoms with Crippen molar-refractivity contribution < 1.29 is 12.8 Å². The summed E-state index contributed by atoms with van der Waals surface area (Å²) in [5.74, 6) is 0.852. The molecule has 0 amide bonds. The van der Waals surface area contributed by atoms with Crippen LogP contribution in [0.1, 0.15) is 29.4 Å². The molecule has 4 nitrogen and oxygen atoms in total. The van der Waals surface area contributed by atoms with Gasteiger partial charge in [-0.15, -0.1) is 0 Å². The fraction of sp³-hybridized carbons (Fsp3) is 0.238. The molecule has 134 valence electrons. The summed E-state index contributed by atoms with van der Waals surface area (Å²) in [5, 5.41) is 0.825. The molecular formula is C21H21NO3S. The van der Waals surface area contributed by atoms with Crippen LogP contribution < -0.4 is 0 Å². The molecule has 1 aliphatic rings. The minimum absolute atomic E-state index is 0.315. The second-order valence-corrected chi connectivity index (χ2v) is 8.86. The van der Waals surface area contributed by atoms with E-state index in [0.29, 0.717) is 4.90 Å². The standard InChI is InChI=1S/C21H21NO3S/c1-4-16-9-15-10-17(26(3,23)24)11-19(21(15)25-16)20-13-22(2)12-14-7-5-6-8-18(14)20/h5-11,13H,4,12H2,1-3H3. The summed E-state index contributed by atoms with van der Waals surface area (Å²) >= 11 is 0. The summed E-state index contributed by atoms with van der Waals surface area (Å²) in [6.45, 7) is 2.85. The van der Waals surface area contributed by atoms with Crippen LogP contribution in [0.15, 0.2) is 58.0 Å². The molecular weight excluding hydrogens is 346 g/mol. The maximum atomic E-state index is 12.2. The minimum Gasteiger partial charge on any atom is -0.460 e. The first kappa shape index (κ1) is 16.9. The molecule has 4 rings (SSSR count). The molecule has 2 heterocycles. The van der Waals surface area contributed by atoms with Crippen molar-refractivity contribution in [2.45, 2.75) is 24.8 Å². The molecule has 0 atom stereocenters. The summed E-state index contributed by atoms with van der Waals surface area (Å²) in [7, 11) is -1.31. The van der Waals surface area contributed by atoms with Gasteiger partial charge in [-0.05, 0) is 29.3 Å². The van der Waals surface area contributed by atoms with Crippen molar-refractivity contribution in [3.63, 3.8) is 0 Å². The van der Waals surface area contributed by atoms with Crippen molar-refractivity contribution in [1.82, 2.24) is 4.90 Å². The van der Waals surface area contributed by atoms with Crippen molar-refractivity contribution >= 4 is 26.4 Å². The first-order valence-corrected chi connectivity index (χ1v) is 10.5. The summed E-state index contributed by atoms with van der Waals surface area (Å²) in [4.78, 5) is 2.43. The Bertz CT molecular complexity index is 1140. The highest BCUT2D eigenvalue weighted by Gasteiger charge is 2.22. The molecule has 1 aliphatic heterocycles. The maximum Gasteiger partial charge on any atom is 0.175 e. The van der Waals surface area contributed by atoms with Crippen molar-refractivity contribution in [1.29, 1.82) is 0 Å². The van der Waals surface area contributed by atoms with Crippen molar-refractivity contribution in [2.75, 3.05) is 13.3 Å². The van der Waals surface area contributed by atoms with E-state index in [1.165, 1.54) is 11.8 Å². The SMILES string of the molecule is CCc1cc2cc(S(C)(=O)=O)cc(C3=CN(C)Cc4ccccc43)c2o1. The molecule has 26 heavy (non-hydrogen) atoms. The van der Waals surface area contributed by atoms with Crippen LogP contribution in [0.25, 0.3) is 16.5 Å². The van der Waals surface area contributed by atoms with Crippen LogP contribution in [0.4, 0.5) is 0 Å². The molecule has 3 aromatic rings. The van der Waals surface area contributed by atoms with E-state index in [1.807, 2.05) is 32.2 Å². The fourth-order valence-electron chi connectivity index (χ4n) is 3.51. The van der Waals surface area contributed by atoms with Gasteiger partial charge >= 0.3 is 0 Å². The average molecular weight is 367 g/mol. The van der Waals surface area contributed by atoms with Crippen molar-refractivity contribution in [2.24, 2.45) is 0 Å². The van der Waals surface area contributed by atoms with Crippen LogP contribution in [0.3, 0.4) is 0 Å². The number of nitrogens with zero attached hydrogens (tertiary/aromatic N) is 1. The van der Waals surface area contributed by atoms with Gasteiger partial charge in [0.25, 0.3) is 0 Å². The summed E-state index contributed by atoms with van der Waals surface area (Å²) in [6, 6.07) is 13.6. The van der Waals surface area contributed by atoms with Gasteiger partial charge in [-0.1, -0.05) is 31.2 Å². The van der Waals surface area contributed by atoms with Crippen molar-refractivity contribution in [3.8, 4) is 0 Å². The molecule has 5 heteroatoms. The maximum absolute atomic E-state index is 12.2. The number of benzene rings is 2. The molecule has 0 aliphatic carbocycles. The van der Waals surface area contributed by atoms with E-state index in [4.69, 9.17) is 4.42 Å². The van der Waals surface area contributed by atoms with Crippen LogP contribution in [0.5, 0.6) is 0 Å². The van der Waals surface area contributed by atoms with Gasteiger partial charge < -0.3 is 9.32 Å². The summed E-state index contributed by atoms with van der Waals surface area (Å²) < 4.78 is 30.5. The Labute approximate surface area is 153 Å². The lowest BCUT2D eigenvalue weighted by Gasteiger charge is -2.26. The Balaban J connectivity index is 2.05. The number of sulfone groups is 1. The second kappa shape index (κ2) is 6.02. The van der Waals surface area contributed by atoms with Gasteiger partial charge in [0.05, 0.1) is 4.90 Å². The summed E-state index contributed by atoms with van der Waals surface area (Å²) in [5.41, 5.74) is 4.88. The highest BCUT2D eigenvalue weighted by atomic mass is 32.2. The van der Waals surface area contributed by atoms with E-state index in [-0.39, 0.29) is 0 Å². The molecule has 0 unspecified atom stereocenters. The van der Waals surface area contributed by atoms with Crippen LogP contribution in [0, 0.1) is 0 Å². The fourth-order valence-corrected chi connectivity index (χ4v) is 4.18. The third-order valence-corrected chi connectivity index (χ3v) is 5.88. The summed E-state index contributed by atoms with van der Waals surface area (Å²) in [6.07, 6.45) is 4.07. The topological polar surface area (TPSA) is 50.5 Å². The normalized spacial score (nSPS) is 14.4. The van der Waals surface area contributed by atoms with Crippen LogP contribution in [0.2, 0.25) is 0 Å². The lowest BCUT2D eigenvalue weighted by atomic mass is 9.91. The number of fused-ring (bicyclic) bond motifs is 2. The molecule has 0 radical (unpaired) electrons. The molecule has 0 N–H and O–H groups in total.